The van der Waals surface area contributed by atoms with Crippen LogP contribution in [0.15, 0.2) is 36.8 Å². The molecular weight excluding hydrogens is 300 g/mol. The third kappa shape index (κ3) is 3.11. The van der Waals surface area contributed by atoms with E-state index in [0.717, 1.165) is 37.3 Å². The molecule has 1 saturated heterocycles. The molecule has 2 aromatic rings. The number of carbonyl (C=O) groups is 1. The maximum absolute atomic E-state index is 12.7. The molecule has 1 atom stereocenters. The largest absolute Gasteiger partial charge is 0.355 e. The number of fused-ring (bicyclic) bond motifs is 1. The van der Waals surface area contributed by atoms with Gasteiger partial charge in [0.2, 0.25) is 5.91 Å². The molecule has 0 saturated carbocycles. The van der Waals surface area contributed by atoms with Gasteiger partial charge in [-0.2, -0.15) is 0 Å². The number of rotatable bonds is 3. The molecule has 1 aromatic heterocycles. The lowest BCUT2D eigenvalue weighted by Crippen LogP contribution is -2.41. The van der Waals surface area contributed by atoms with Crippen LogP contribution in [0, 0.1) is 5.92 Å². The summed E-state index contributed by atoms with van der Waals surface area (Å²) in [6.07, 6.45) is 10.6. The summed E-state index contributed by atoms with van der Waals surface area (Å²) >= 11 is 0. The second kappa shape index (κ2) is 6.59. The minimum absolute atomic E-state index is 0.00555. The highest BCUT2D eigenvalue weighted by Gasteiger charge is 2.26. The van der Waals surface area contributed by atoms with Crippen LogP contribution in [0.5, 0.6) is 0 Å². The Bertz CT molecular complexity index is 731. The molecule has 1 aliphatic carbocycles. The number of aromatic nitrogens is 2. The Morgan fingerprint density at radius 2 is 2.08 bits per heavy atom. The average molecular weight is 322 g/mol. The molecule has 0 radical (unpaired) electrons. The van der Waals surface area contributed by atoms with Gasteiger partial charge in [0.25, 0.3) is 0 Å². The van der Waals surface area contributed by atoms with E-state index in [0.29, 0.717) is 6.54 Å². The van der Waals surface area contributed by atoms with Gasteiger partial charge in [0.15, 0.2) is 0 Å². The Labute approximate surface area is 142 Å². The molecule has 2 heterocycles. The second-order valence-electron chi connectivity index (χ2n) is 6.68. The standard InChI is InChI=1S/C19H22N4O/c24-19(22-17-7-6-14-3-1-4-15(14)11-17)16-5-2-10-23(13-16)18-12-20-8-9-21-18/h6-9,11-12,16H,1-5,10,13H2,(H,22,24). The summed E-state index contributed by atoms with van der Waals surface area (Å²) in [5.74, 6) is 0.961. The second-order valence-corrected chi connectivity index (χ2v) is 6.68. The van der Waals surface area contributed by atoms with E-state index in [1.165, 1.54) is 24.0 Å². The molecule has 1 aromatic carbocycles. The predicted octanol–water partition coefficient (Wildman–Crippen LogP) is 2.82. The lowest BCUT2D eigenvalue weighted by molar-refractivity contribution is -0.120. The van der Waals surface area contributed by atoms with Gasteiger partial charge in [0.1, 0.15) is 5.82 Å². The van der Waals surface area contributed by atoms with E-state index >= 15 is 0 Å². The number of carbonyl (C=O) groups excluding carboxylic acids is 1. The van der Waals surface area contributed by atoms with Crippen molar-refractivity contribution in [1.82, 2.24) is 9.97 Å². The first kappa shape index (κ1) is 15.1. The van der Waals surface area contributed by atoms with E-state index in [2.05, 4.69) is 32.3 Å². The van der Waals surface area contributed by atoms with Crippen molar-refractivity contribution in [3.05, 3.63) is 47.9 Å². The van der Waals surface area contributed by atoms with Crippen LogP contribution in [0.4, 0.5) is 11.5 Å². The number of amides is 1. The summed E-state index contributed by atoms with van der Waals surface area (Å²) in [5.41, 5.74) is 3.74. The number of aryl methyl sites for hydroxylation is 2. The molecule has 124 valence electrons. The Hall–Kier alpha value is -2.43. The minimum Gasteiger partial charge on any atom is -0.355 e. The van der Waals surface area contributed by atoms with Crippen LogP contribution in [-0.4, -0.2) is 29.0 Å². The maximum Gasteiger partial charge on any atom is 0.229 e. The van der Waals surface area contributed by atoms with Gasteiger partial charge >= 0.3 is 0 Å². The molecule has 5 nitrogen and oxygen atoms in total. The molecule has 1 fully saturated rings. The van der Waals surface area contributed by atoms with Gasteiger partial charge in [-0.3, -0.25) is 9.78 Å². The van der Waals surface area contributed by atoms with Crippen LogP contribution in [0.1, 0.15) is 30.4 Å². The summed E-state index contributed by atoms with van der Waals surface area (Å²) in [6, 6.07) is 6.33. The SMILES string of the molecule is O=C(Nc1ccc2c(c1)CCC2)C1CCCN(c2cnccn2)C1. The summed E-state index contributed by atoms with van der Waals surface area (Å²) in [7, 11) is 0. The fourth-order valence-electron chi connectivity index (χ4n) is 3.75. The maximum atomic E-state index is 12.7. The number of hydrogen-bond donors (Lipinski definition) is 1. The first-order valence-corrected chi connectivity index (χ1v) is 8.73. The zero-order valence-corrected chi connectivity index (χ0v) is 13.7. The van der Waals surface area contributed by atoms with Gasteiger partial charge in [-0.1, -0.05) is 6.07 Å². The normalized spacial score (nSPS) is 19.8. The fraction of sp³-hybridized carbons (Fsp3) is 0.421. The number of nitrogens with one attached hydrogen (secondary N) is 1. The molecule has 2 aliphatic rings. The van der Waals surface area contributed by atoms with Crippen molar-refractivity contribution in [2.75, 3.05) is 23.3 Å². The Balaban J connectivity index is 1.42. The first-order chi connectivity index (χ1) is 11.8. The van der Waals surface area contributed by atoms with Gasteiger partial charge in [0, 0.05) is 31.2 Å². The summed E-state index contributed by atoms with van der Waals surface area (Å²) in [5, 5.41) is 3.11. The van der Waals surface area contributed by atoms with E-state index in [1.807, 2.05) is 6.07 Å². The first-order valence-electron chi connectivity index (χ1n) is 8.73. The Morgan fingerprint density at radius 3 is 2.96 bits per heavy atom. The van der Waals surface area contributed by atoms with Crippen molar-refractivity contribution in [3.63, 3.8) is 0 Å². The lowest BCUT2D eigenvalue weighted by Gasteiger charge is -2.32. The van der Waals surface area contributed by atoms with Crippen molar-refractivity contribution < 1.29 is 4.79 Å². The third-order valence-corrected chi connectivity index (χ3v) is 5.03. The van der Waals surface area contributed by atoms with Crippen molar-refractivity contribution in [1.29, 1.82) is 0 Å². The minimum atomic E-state index is -0.00555. The lowest BCUT2D eigenvalue weighted by atomic mass is 9.97. The zero-order chi connectivity index (χ0) is 16.4. The van der Waals surface area contributed by atoms with E-state index in [9.17, 15) is 4.79 Å². The van der Waals surface area contributed by atoms with Crippen molar-refractivity contribution in [2.45, 2.75) is 32.1 Å². The van der Waals surface area contributed by atoms with Crippen LogP contribution in [-0.2, 0) is 17.6 Å². The van der Waals surface area contributed by atoms with Crippen LogP contribution < -0.4 is 10.2 Å². The van der Waals surface area contributed by atoms with Crippen molar-refractivity contribution in [2.24, 2.45) is 5.92 Å². The third-order valence-electron chi connectivity index (χ3n) is 5.03. The highest BCUT2D eigenvalue weighted by Crippen LogP contribution is 2.26. The Kier molecular flexibility index (Phi) is 4.15. The molecule has 1 aliphatic heterocycles. The molecule has 1 amide bonds. The van der Waals surface area contributed by atoms with Gasteiger partial charge in [-0.25, -0.2) is 4.98 Å². The highest BCUT2D eigenvalue weighted by atomic mass is 16.1. The fourth-order valence-corrected chi connectivity index (χ4v) is 3.75. The monoisotopic (exact) mass is 322 g/mol. The van der Waals surface area contributed by atoms with Crippen molar-refractivity contribution >= 4 is 17.4 Å². The zero-order valence-electron chi connectivity index (χ0n) is 13.7. The molecule has 1 unspecified atom stereocenters. The smallest absolute Gasteiger partial charge is 0.229 e. The van der Waals surface area contributed by atoms with Crippen molar-refractivity contribution in [3.8, 4) is 0 Å². The molecule has 24 heavy (non-hydrogen) atoms. The number of anilines is 2. The average Bonchev–Trinajstić information content (AvgIpc) is 3.10. The van der Waals surface area contributed by atoms with Crippen LogP contribution in [0.2, 0.25) is 0 Å². The number of piperidine rings is 1. The number of benzene rings is 1. The molecular formula is C19H22N4O. The number of hydrogen-bond acceptors (Lipinski definition) is 4. The van der Waals surface area contributed by atoms with E-state index < -0.39 is 0 Å². The van der Waals surface area contributed by atoms with Gasteiger partial charge in [-0.15, -0.1) is 0 Å². The molecule has 1 N–H and O–H groups in total. The summed E-state index contributed by atoms with van der Waals surface area (Å²) in [4.78, 5) is 23.3. The number of nitrogens with zero attached hydrogens (tertiary/aromatic N) is 3. The quantitative estimate of drug-likeness (QED) is 0.944. The molecule has 0 bridgehead atoms. The summed E-state index contributed by atoms with van der Waals surface area (Å²) in [6.45, 7) is 1.64. The van der Waals surface area contributed by atoms with Crippen LogP contribution in [0.3, 0.4) is 0 Å². The topological polar surface area (TPSA) is 58.1 Å². The van der Waals surface area contributed by atoms with E-state index in [-0.39, 0.29) is 11.8 Å². The van der Waals surface area contributed by atoms with E-state index in [4.69, 9.17) is 0 Å². The van der Waals surface area contributed by atoms with Gasteiger partial charge in [0.05, 0.1) is 12.1 Å². The predicted molar refractivity (Wildman–Crippen MR) is 94.1 cm³/mol. The highest BCUT2D eigenvalue weighted by molar-refractivity contribution is 5.93. The summed E-state index contributed by atoms with van der Waals surface area (Å²) < 4.78 is 0. The van der Waals surface area contributed by atoms with Gasteiger partial charge in [-0.05, 0) is 55.4 Å². The molecule has 5 heteroatoms. The van der Waals surface area contributed by atoms with E-state index in [1.54, 1.807) is 18.6 Å². The van der Waals surface area contributed by atoms with Crippen LogP contribution >= 0.6 is 0 Å². The van der Waals surface area contributed by atoms with Gasteiger partial charge < -0.3 is 10.2 Å². The molecule has 0 spiro atoms. The Morgan fingerprint density at radius 1 is 1.17 bits per heavy atom. The molecule has 4 rings (SSSR count). The van der Waals surface area contributed by atoms with Crippen LogP contribution in [0.25, 0.3) is 0 Å².